The van der Waals surface area contributed by atoms with Gasteiger partial charge in [0.05, 0.1) is 18.3 Å². The lowest BCUT2D eigenvalue weighted by atomic mass is 10.2. The SMILES string of the molecule is COc1cccc(-n2ccc3nc(-c4ccc(Cl)cc4)sc3c2=O)c1. The van der Waals surface area contributed by atoms with E-state index in [1.54, 1.807) is 17.9 Å². The van der Waals surface area contributed by atoms with Crippen LogP contribution in [0, 0.1) is 0 Å². The number of benzene rings is 2. The molecule has 4 rings (SSSR count). The second-order valence-corrected chi connectivity index (χ2v) is 6.87. The van der Waals surface area contributed by atoms with Crippen molar-refractivity contribution in [2.24, 2.45) is 0 Å². The van der Waals surface area contributed by atoms with Crippen molar-refractivity contribution in [2.75, 3.05) is 7.11 Å². The number of thiazole rings is 1. The van der Waals surface area contributed by atoms with Crippen molar-refractivity contribution in [2.45, 2.75) is 0 Å². The number of halogens is 1. The molecular formula is C19H13ClN2O2S. The molecule has 0 bridgehead atoms. The van der Waals surface area contributed by atoms with E-state index in [4.69, 9.17) is 16.3 Å². The average molecular weight is 369 g/mol. The first-order chi connectivity index (χ1) is 12.2. The Morgan fingerprint density at radius 1 is 1.12 bits per heavy atom. The van der Waals surface area contributed by atoms with Gasteiger partial charge in [-0.15, -0.1) is 11.3 Å². The Hall–Kier alpha value is -2.63. The van der Waals surface area contributed by atoms with Crippen LogP contribution in [0.15, 0.2) is 65.6 Å². The number of nitrogens with zero attached hydrogens (tertiary/aromatic N) is 2. The molecule has 2 aromatic carbocycles. The Labute approximate surface area is 152 Å². The van der Waals surface area contributed by atoms with Crippen LogP contribution in [0.2, 0.25) is 5.02 Å². The first-order valence-corrected chi connectivity index (χ1v) is 8.78. The van der Waals surface area contributed by atoms with Crippen molar-refractivity contribution in [1.29, 1.82) is 0 Å². The van der Waals surface area contributed by atoms with Crippen molar-refractivity contribution in [3.8, 4) is 22.0 Å². The van der Waals surface area contributed by atoms with E-state index in [9.17, 15) is 4.79 Å². The third-order valence-corrected chi connectivity index (χ3v) is 5.23. The van der Waals surface area contributed by atoms with Crippen LogP contribution in [0.3, 0.4) is 0 Å². The minimum Gasteiger partial charge on any atom is -0.497 e. The van der Waals surface area contributed by atoms with E-state index < -0.39 is 0 Å². The number of aromatic nitrogens is 2. The lowest BCUT2D eigenvalue weighted by molar-refractivity contribution is 0.414. The zero-order chi connectivity index (χ0) is 17.4. The van der Waals surface area contributed by atoms with E-state index in [1.807, 2.05) is 54.6 Å². The molecule has 2 heterocycles. The molecule has 0 saturated heterocycles. The fourth-order valence-electron chi connectivity index (χ4n) is 2.60. The van der Waals surface area contributed by atoms with Gasteiger partial charge in [-0.3, -0.25) is 9.36 Å². The molecule has 0 amide bonds. The van der Waals surface area contributed by atoms with Gasteiger partial charge in [0.15, 0.2) is 0 Å². The second kappa shape index (κ2) is 6.35. The average Bonchev–Trinajstić information content (AvgIpc) is 3.08. The Morgan fingerprint density at radius 3 is 2.68 bits per heavy atom. The predicted octanol–water partition coefficient (Wildman–Crippen LogP) is 4.78. The van der Waals surface area contributed by atoms with Crippen molar-refractivity contribution in [3.63, 3.8) is 0 Å². The summed E-state index contributed by atoms with van der Waals surface area (Å²) < 4.78 is 7.47. The van der Waals surface area contributed by atoms with Crippen molar-refractivity contribution >= 4 is 33.2 Å². The highest BCUT2D eigenvalue weighted by Gasteiger charge is 2.12. The molecule has 4 nitrogen and oxygen atoms in total. The van der Waals surface area contributed by atoms with Gasteiger partial charge < -0.3 is 4.74 Å². The fraction of sp³-hybridized carbons (Fsp3) is 0.0526. The van der Waals surface area contributed by atoms with Crippen LogP contribution in [-0.2, 0) is 0 Å². The smallest absolute Gasteiger partial charge is 0.274 e. The molecule has 0 aliphatic carbocycles. The number of methoxy groups -OCH3 is 1. The molecule has 0 N–H and O–H groups in total. The van der Waals surface area contributed by atoms with E-state index >= 15 is 0 Å². The van der Waals surface area contributed by atoms with Gasteiger partial charge >= 0.3 is 0 Å². The summed E-state index contributed by atoms with van der Waals surface area (Å²) in [5.74, 6) is 0.704. The van der Waals surface area contributed by atoms with Crippen LogP contribution in [0.5, 0.6) is 5.75 Å². The van der Waals surface area contributed by atoms with Gasteiger partial charge in [0.2, 0.25) is 0 Å². The van der Waals surface area contributed by atoms with Crippen molar-refractivity contribution < 1.29 is 4.74 Å². The second-order valence-electron chi connectivity index (χ2n) is 5.43. The first kappa shape index (κ1) is 15.9. The lowest BCUT2D eigenvalue weighted by Gasteiger charge is -2.07. The molecule has 25 heavy (non-hydrogen) atoms. The Morgan fingerprint density at radius 2 is 1.92 bits per heavy atom. The number of hydrogen-bond donors (Lipinski definition) is 0. The highest BCUT2D eigenvalue weighted by atomic mass is 35.5. The Balaban J connectivity index is 1.85. The number of ether oxygens (including phenoxy) is 1. The Kier molecular flexibility index (Phi) is 4.03. The molecular weight excluding hydrogens is 356 g/mol. The van der Waals surface area contributed by atoms with Gasteiger partial charge in [0.1, 0.15) is 15.5 Å². The number of hydrogen-bond acceptors (Lipinski definition) is 4. The van der Waals surface area contributed by atoms with Crippen LogP contribution in [0.1, 0.15) is 0 Å². The summed E-state index contributed by atoms with van der Waals surface area (Å²) in [6.45, 7) is 0. The predicted molar refractivity (Wildman–Crippen MR) is 102 cm³/mol. The molecule has 4 aromatic rings. The van der Waals surface area contributed by atoms with Crippen LogP contribution >= 0.6 is 22.9 Å². The van der Waals surface area contributed by atoms with Crippen LogP contribution < -0.4 is 10.3 Å². The monoisotopic (exact) mass is 368 g/mol. The highest BCUT2D eigenvalue weighted by molar-refractivity contribution is 7.21. The van der Waals surface area contributed by atoms with E-state index in [0.29, 0.717) is 21.0 Å². The zero-order valence-corrected chi connectivity index (χ0v) is 14.8. The highest BCUT2D eigenvalue weighted by Crippen LogP contribution is 2.29. The summed E-state index contributed by atoms with van der Waals surface area (Å²) in [6, 6.07) is 16.7. The zero-order valence-electron chi connectivity index (χ0n) is 13.3. The van der Waals surface area contributed by atoms with Crippen molar-refractivity contribution in [3.05, 3.63) is 76.2 Å². The fourth-order valence-corrected chi connectivity index (χ4v) is 3.72. The van der Waals surface area contributed by atoms with Crippen LogP contribution in [-0.4, -0.2) is 16.7 Å². The summed E-state index contributed by atoms with van der Waals surface area (Å²) in [5.41, 5.74) is 2.30. The molecule has 0 unspecified atom stereocenters. The van der Waals surface area contributed by atoms with Gasteiger partial charge in [0, 0.05) is 22.8 Å². The van der Waals surface area contributed by atoms with E-state index in [0.717, 1.165) is 16.3 Å². The number of fused-ring (bicyclic) bond motifs is 1. The van der Waals surface area contributed by atoms with Gasteiger partial charge in [-0.25, -0.2) is 4.98 Å². The molecule has 6 heteroatoms. The molecule has 0 aliphatic heterocycles. The number of rotatable bonds is 3. The molecule has 0 fully saturated rings. The quantitative estimate of drug-likeness (QED) is 0.523. The summed E-state index contributed by atoms with van der Waals surface area (Å²) >= 11 is 7.32. The minimum atomic E-state index is -0.0940. The van der Waals surface area contributed by atoms with E-state index in [2.05, 4.69) is 4.98 Å². The standard InChI is InChI=1S/C19H13ClN2O2S/c1-24-15-4-2-3-14(11-15)22-10-9-16-17(19(22)23)25-18(21-16)12-5-7-13(20)8-6-12/h2-11H,1H3. The summed E-state index contributed by atoms with van der Waals surface area (Å²) in [7, 11) is 1.60. The van der Waals surface area contributed by atoms with Gasteiger partial charge in [-0.2, -0.15) is 0 Å². The van der Waals surface area contributed by atoms with Gasteiger partial charge in [-0.05, 0) is 30.3 Å². The Bertz CT molecular complexity index is 1120. The maximum Gasteiger partial charge on any atom is 0.274 e. The topological polar surface area (TPSA) is 44.1 Å². The first-order valence-electron chi connectivity index (χ1n) is 7.58. The summed E-state index contributed by atoms with van der Waals surface area (Å²) in [4.78, 5) is 17.5. The molecule has 0 aliphatic rings. The molecule has 2 aromatic heterocycles. The lowest BCUT2D eigenvalue weighted by Crippen LogP contribution is -2.16. The molecule has 0 saturated carbocycles. The third kappa shape index (κ3) is 2.92. The normalized spacial score (nSPS) is 11.0. The number of pyridine rings is 1. The third-order valence-electron chi connectivity index (χ3n) is 3.87. The maximum atomic E-state index is 12.9. The van der Waals surface area contributed by atoms with Crippen LogP contribution in [0.25, 0.3) is 26.5 Å². The van der Waals surface area contributed by atoms with E-state index in [1.165, 1.54) is 11.3 Å². The molecule has 124 valence electrons. The summed E-state index contributed by atoms with van der Waals surface area (Å²) in [6.07, 6.45) is 1.74. The molecule has 0 radical (unpaired) electrons. The van der Waals surface area contributed by atoms with E-state index in [-0.39, 0.29) is 5.56 Å². The molecule has 0 atom stereocenters. The minimum absolute atomic E-state index is 0.0940. The van der Waals surface area contributed by atoms with Gasteiger partial charge in [-0.1, -0.05) is 29.8 Å². The maximum absolute atomic E-state index is 12.9. The molecule has 0 spiro atoms. The van der Waals surface area contributed by atoms with Crippen LogP contribution in [0.4, 0.5) is 0 Å². The summed E-state index contributed by atoms with van der Waals surface area (Å²) in [5, 5.41) is 1.47. The van der Waals surface area contributed by atoms with Crippen molar-refractivity contribution in [1.82, 2.24) is 9.55 Å². The largest absolute Gasteiger partial charge is 0.497 e. The van der Waals surface area contributed by atoms with Gasteiger partial charge in [0.25, 0.3) is 5.56 Å².